The molecule has 0 aliphatic carbocycles. The van der Waals surface area contributed by atoms with E-state index < -0.39 is 0 Å². The van der Waals surface area contributed by atoms with E-state index in [1.165, 1.54) is 0 Å². The van der Waals surface area contributed by atoms with Crippen LogP contribution in [0.25, 0.3) is 10.4 Å². The third-order valence-corrected chi connectivity index (χ3v) is 3.43. The molecule has 0 amide bonds. The van der Waals surface area contributed by atoms with Crippen LogP contribution in [-0.4, -0.2) is 18.1 Å². The highest BCUT2D eigenvalue weighted by atomic mass is 32.1. The molecule has 2 rings (SSSR count). The van der Waals surface area contributed by atoms with Crippen molar-refractivity contribution in [2.45, 2.75) is 20.3 Å². The molecule has 0 fully saturated rings. The number of hydrogen-bond acceptors (Lipinski definition) is 4. The molecule has 0 aliphatic heterocycles. The van der Waals surface area contributed by atoms with E-state index in [9.17, 15) is 0 Å². The molecule has 0 radical (unpaired) electrons. The molecule has 0 saturated carbocycles. The Labute approximate surface area is 112 Å². The molecule has 4 heteroatoms. The molecule has 3 nitrogen and oxygen atoms in total. The van der Waals surface area contributed by atoms with E-state index in [1.54, 1.807) is 11.3 Å². The summed E-state index contributed by atoms with van der Waals surface area (Å²) in [4.78, 5) is 5.50. The molecule has 1 aromatic carbocycles. The molecular formula is C14H18N2OS. The minimum absolute atomic E-state index is 0.759. The molecule has 1 N–H and O–H groups in total. The number of hydrogen-bond donors (Lipinski definition) is 1. The van der Waals surface area contributed by atoms with Gasteiger partial charge in [-0.25, -0.2) is 4.98 Å². The number of thiazole rings is 1. The van der Waals surface area contributed by atoms with Gasteiger partial charge in [-0.1, -0.05) is 30.4 Å². The van der Waals surface area contributed by atoms with Crippen molar-refractivity contribution in [1.29, 1.82) is 0 Å². The van der Waals surface area contributed by atoms with Crippen molar-refractivity contribution in [3.63, 3.8) is 0 Å². The lowest BCUT2D eigenvalue weighted by Crippen LogP contribution is -1.94. The van der Waals surface area contributed by atoms with Crippen LogP contribution in [0.2, 0.25) is 0 Å². The fourth-order valence-corrected chi connectivity index (χ4v) is 2.48. The van der Waals surface area contributed by atoms with Crippen molar-refractivity contribution in [1.82, 2.24) is 4.98 Å². The summed E-state index contributed by atoms with van der Waals surface area (Å²) < 4.78 is 5.64. The Hall–Kier alpha value is -1.55. The van der Waals surface area contributed by atoms with Crippen LogP contribution in [0.15, 0.2) is 30.5 Å². The van der Waals surface area contributed by atoms with Crippen molar-refractivity contribution < 1.29 is 4.74 Å². The van der Waals surface area contributed by atoms with Gasteiger partial charge in [0, 0.05) is 12.7 Å². The number of nitrogens with zero attached hydrogens (tertiary/aromatic N) is 1. The fourth-order valence-electron chi connectivity index (χ4n) is 1.60. The van der Waals surface area contributed by atoms with E-state index in [-0.39, 0.29) is 0 Å². The van der Waals surface area contributed by atoms with Gasteiger partial charge in [-0.15, -0.1) is 0 Å². The number of aromatic nitrogens is 1. The van der Waals surface area contributed by atoms with Crippen LogP contribution in [0.3, 0.4) is 0 Å². The van der Waals surface area contributed by atoms with E-state index in [0.717, 1.165) is 40.9 Å². The highest BCUT2D eigenvalue weighted by Gasteiger charge is 2.04. The van der Waals surface area contributed by atoms with Gasteiger partial charge < -0.3 is 10.1 Å². The molecule has 2 aromatic rings. The number of anilines is 1. The predicted molar refractivity (Wildman–Crippen MR) is 77.5 cm³/mol. The topological polar surface area (TPSA) is 34.1 Å². The highest BCUT2D eigenvalue weighted by Crippen LogP contribution is 2.30. The SMILES string of the molecule is CCCOc1cccc(-c2cnc(NCC)s2)c1. The van der Waals surface area contributed by atoms with Crippen LogP contribution in [0.4, 0.5) is 5.13 Å². The van der Waals surface area contributed by atoms with E-state index in [4.69, 9.17) is 4.74 Å². The number of ether oxygens (including phenoxy) is 1. The lowest BCUT2D eigenvalue weighted by Gasteiger charge is -2.05. The smallest absolute Gasteiger partial charge is 0.183 e. The van der Waals surface area contributed by atoms with Gasteiger partial charge in [-0.2, -0.15) is 0 Å². The van der Waals surface area contributed by atoms with Crippen LogP contribution >= 0.6 is 11.3 Å². The highest BCUT2D eigenvalue weighted by molar-refractivity contribution is 7.18. The van der Waals surface area contributed by atoms with Gasteiger partial charge in [0.25, 0.3) is 0 Å². The Morgan fingerprint density at radius 3 is 3.00 bits per heavy atom. The zero-order chi connectivity index (χ0) is 12.8. The van der Waals surface area contributed by atoms with Crippen LogP contribution in [0.5, 0.6) is 5.75 Å². The first-order valence-electron chi connectivity index (χ1n) is 6.26. The summed E-state index contributed by atoms with van der Waals surface area (Å²) in [6.45, 7) is 5.83. The van der Waals surface area contributed by atoms with Crippen LogP contribution in [-0.2, 0) is 0 Å². The monoisotopic (exact) mass is 262 g/mol. The molecule has 18 heavy (non-hydrogen) atoms. The van der Waals surface area contributed by atoms with Gasteiger partial charge in [0.05, 0.1) is 11.5 Å². The van der Waals surface area contributed by atoms with Crippen molar-refractivity contribution in [2.75, 3.05) is 18.5 Å². The van der Waals surface area contributed by atoms with Gasteiger partial charge in [0.1, 0.15) is 5.75 Å². The largest absolute Gasteiger partial charge is 0.494 e. The van der Waals surface area contributed by atoms with Gasteiger partial charge in [0.15, 0.2) is 5.13 Å². The summed E-state index contributed by atoms with van der Waals surface area (Å²) in [5.41, 5.74) is 1.16. The average molecular weight is 262 g/mol. The molecule has 1 heterocycles. The maximum Gasteiger partial charge on any atom is 0.183 e. The summed E-state index contributed by atoms with van der Waals surface area (Å²) in [6.07, 6.45) is 2.93. The van der Waals surface area contributed by atoms with Crippen LogP contribution in [0.1, 0.15) is 20.3 Å². The summed E-state index contributed by atoms with van der Waals surface area (Å²) >= 11 is 1.67. The van der Waals surface area contributed by atoms with E-state index >= 15 is 0 Å². The average Bonchev–Trinajstić information content (AvgIpc) is 2.86. The first-order chi connectivity index (χ1) is 8.83. The fraction of sp³-hybridized carbons (Fsp3) is 0.357. The molecule has 96 valence electrons. The summed E-state index contributed by atoms with van der Waals surface area (Å²) in [7, 11) is 0. The van der Waals surface area contributed by atoms with Crippen molar-refractivity contribution in [3.8, 4) is 16.2 Å². The quantitative estimate of drug-likeness (QED) is 0.853. The first-order valence-corrected chi connectivity index (χ1v) is 7.08. The van der Waals surface area contributed by atoms with Crippen LogP contribution in [0, 0.1) is 0 Å². The Morgan fingerprint density at radius 1 is 1.33 bits per heavy atom. The third kappa shape index (κ3) is 3.23. The molecule has 0 saturated heterocycles. The second-order valence-corrected chi connectivity index (χ2v) is 4.97. The van der Waals surface area contributed by atoms with Gasteiger partial charge in [-0.3, -0.25) is 0 Å². The lowest BCUT2D eigenvalue weighted by molar-refractivity contribution is 0.317. The van der Waals surface area contributed by atoms with E-state index in [1.807, 2.05) is 18.3 Å². The van der Waals surface area contributed by atoms with E-state index in [2.05, 4.69) is 36.3 Å². The minimum Gasteiger partial charge on any atom is -0.494 e. The Bertz CT molecular complexity index is 496. The Kier molecular flexibility index (Phi) is 4.59. The normalized spacial score (nSPS) is 10.3. The second kappa shape index (κ2) is 6.40. The van der Waals surface area contributed by atoms with Gasteiger partial charge in [0.2, 0.25) is 0 Å². The molecule has 0 unspecified atom stereocenters. The van der Waals surface area contributed by atoms with Crippen molar-refractivity contribution >= 4 is 16.5 Å². The zero-order valence-electron chi connectivity index (χ0n) is 10.8. The van der Waals surface area contributed by atoms with Crippen LogP contribution < -0.4 is 10.1 Å². The summed E-state index contributed by atoms with van der Waals surface area (Å²) in [5, 5.41) is 4.19. The predicted octanol–water partition coefficient (Wildman–Crippen LogP) is 4.03. The Morgan fingerprint density at radius 2 is 2.22 bits per heavy atom. The standard InChI is InChI=1S/C14H18N2OS/c1-3-8-17-12-7-5-6-11(9-12)13-10-16-14(18-13)15-4-2/h5-7,9-10H,3-4,8H2,1-2H3,(H,15,16). The van der Waals surface area contributed by atoms with Gasteiger partial charge in [-0.05, 0) is 31.0 Å². The number of rotatable bonds is 6. The Balaban J connectivity index is 2.15. The molecular weight excluding hydrogens is 244 g/mol. The second-order valence-electron chi connectivity index (χ2n) is 3.94. The van der Waals surface area contributed by atoms with E-state index in [0.29, 0.717) is 0 Å². The maximum atomic E-state index is 5.64. The van der Waals surface area contributed by atoms with Crippen molar-refractivity contribution in [2.24, 2.45) is 0 Å². The number of nitrogens with one attached hydrogen (secondary N) is 1. The van der Waals surface area contributed by atoms with Gasteiger partial charge >= 0.3 is 0 Å². The summed E-state index contributed by atoms with van der Waals surface area (Å²) in [5.74, 6) is 0.924. The molecule has 0 spiro atoms. The summed E-state index contributed by atoms with van der Waals surface area (Å²) in [6, 6.07) is 8.17. The first kappa shape index (κ1) is 12.9. The third-order valence-electron chi connectivity index (χ3n) is 2.43. The maximum absolute atomic E-state index is 5.64. The molecule has 0 aliphatic rings. The van der Waals surface area contributed by atoms with Crippen molar-refractivity contribution in [3.05, 3.63) is 30.5 Å². The zero-order valence-corrected chi connectivity index (χ0v) is 11.6. The number of benzene rings is 1. The minimum atomic E-state index is 0.759. The lowest BCUT2D eigenvalue weighted by atomic mass is 10.2. The molecule has 0 atom stereocenters. The molecule has 0 bridgehead atoms. The molecule has 1 aromatic heterocycles.